The Balaban J connectivity index is 2.59. The van der Waals surface area contributed by atoms with Crippen LogP contribution in [0.25, 0.3) is 0 Å². The molecule has 1 aromatic heterocycles. The standard InChI is InChI=1S/C10H12O4/c1-6-7(12-3)4-8(11)14-9(6)10(2)5-13-10/h4H,5H2,1-3H3/t10-/m0/s1. The molecular weight excluding hydrogens is 184 g/mol. The summed E-state index contributed by atoms with van der Waals surface area (Å²) in [6.07, 6.45) is 0. The largest absolute Gasteiger partial charge is 0.496 e. The van der Waals surface area contributed by atoms with E-state index in [1.807, 2.05) is 13.8 Å². The molecule has 1 saturated heterocycles. The Morgan fingerprint density at radius 2 is 2.21 bits per heavy atom. The van der Waals surface area contributed by atoms with Gasteiger partial charge in [0.1, 0.15) is 17.1 Å². The van der Waals surface area contributed by atoms with Crippen LogP contribution >= 0.6 is 0 Å². The summed E-state index contributed by atoms with van der Waals surface area (Å²) in [6, 6.07) is 1.34. The van der Waals surface area contributed by atoms with Crippen LogP contribution in [-0.4, -0.2) is 13.7 Å². The zero-order chi connectivity index (χ0) is 10.3. The second-order valence-corrected chi connectivity index (χ2v) is 3.61. The number of epoxide rings is 1. The first-order valence-corrected chi connectivity index (χ1v) is 4.40. The van der Waals surface area contributed by atoms with Crippen molar-refractivity contribution in [2.45, 2.75) is 19.4 Å². The quantitative estimate of drug-likeness (QED) is 0.667. The maximum absolute atomic E-state index is 11.2. The molecule has 0 bridgehead atoms. The van der Waals surface area contributed by atoms with Crippen molar-refractivity contribution in [3.63, 3.8) is 0 Å². The second-order valence-electron chi connectivity index (χ2n) is 3.61. The van der Waals surface area contributed by atoms with Gasteiger partial charge in [0, 0.05) is 5.56 Å². The Bertz CT molecular complexity index is 415. The first kappa shape index (κ1) is 9.27. The van der Waals surface area contributed by atoms with E-state index in [0.29, 0.717) is 18.1 Å². The molecule has 1 aliphatic heterocycles. The second kappa shape index (κ2) is 2.85. The minimum absolute atomic E-state index is 0.404. The van der Waals surface area contributed by atoms with E-state index in [1.54, 1.807) is 0 Å². The summed E-state index contributed by atoms with van der Waals surface area (Å²) in [5, 5.41) is 0. The molecule has 0 spiro atoms. The molecule has 4 nitrogen and oxygen atoms in total. The van der Waals surface area contributed by atoms with Crippen LogP contribution in [-0.2, 0) is 10.3 Å². The summed E-state index contributed by atoms with van der Waals surface area (Å²) < 4.78 is 15.4. The average Bonchev–Trinajstić information content (AvgIpc) is 2.88. The van der Waals surface area contributed by atoms with Crippen molar-refractivity contribution in [1.29, 1.82) is 0 Å². The van der Waals surface area contributed by atoms with E-state index in [9.17, 15) is 4.79 Å². The molecular formula is C10H12O4. The van der Waals surface area contributed by atoms with Gasteiger partial charge in [0.15, 0.2) is 0 Å². The Morgan fingerprint density at radius 1 is 1.57 bits per heavy atom. The number of hydrogen-bond acceptors (Lipinski definition) is 4. The molecule has 4 heteroatoms. The van der Waals surface area contributed by atoms with E-state index in [0.717, 1.165) is 5.56 Å². The molecule has 14 heavy (non-hydrogen) atoms. The van der Waals surface area contributed by atoms with Crippen LogP contribution in [0.3, 0.4) is 0 Å². The minimum Gasteiger partial charge on any atom is -0.496 e. The van der Waals surface area contributed by atoms with Crippen molar-refractivity contribution in [2.24, 2.45) is 0 Å². The van der Waals surface area contributed by atoms with Gasteiger partial charge in [-0.15, -0.1) is 0 Å². The van der Waals surface area contributed by atoms with Crippen LogP contribution < -0.4 is 10.4 Å². The van der Waals surface area contributed by atoms with Crippen LogP contribution in [0.2, 0.25) is 0 Å². The summed E-state index contributed by atoms with van der Waals surface area (Å²) >= 11 is 0. The molecule has 0 amide bonds. The number of rotatable bonds is 2. The van der Waals surface area contributed by atoms with E-state index < -0.39 is 11.2 Å². The van der Waals surface area contributed by atoms with Crippen molar-refractivity contribution >= 4 is 0 Å². The number of methoxy groups -OCH3 is 1. The predicted octanol–water partition coefficient (Wildman–Crippen LogP) is 1.20. The van der Waals surface area contributed by atoms with E-state index in [2.05, 4.69) is 0 Å². The third kappa shape index (κ3) is 1.32. The molecule has 0 unspecified atom stereocenters. The van der Waals surface area contributed by atoms with E-state index in [4.69, 9.17) is 13.9 Å². The summed E-state index contributed by atoms with van der Waals surface area (Å²) in [7, 11) is 1.53. The van der Waals surface area contributed by atoms with Gasteiger partial charge in [-0.25, -0.2) is 4.79 Å². The molecule has 1 aromatic rings. The molecule has 1 atom stereocenters. The van der Waals surface area contributed by atoms with Gasteiger partial charge < -0.3 is 13.9 Å². The van der Waals surface area contributed by atoms with Gasteiger partial charge in [0.2, 0.25) is 0 Å². The van der Waals surface area contributed by atoms with Gasteiger partial charge in [-0.3, -0.25) is 0 Å². The van der Waals surface area contributed by atoms with Crippen molar-refractivity contribution in [3.05, 3.63) is 27.8 Å². The first-order chi connectivity index (χ1) is 6.57. The third-order valence-electron chi connectivity index (χ3n) is 2.44. The van der Waals surface area contributed by atoms with Crippen LogP contribution in [0.1, 0.15) is 18.2 Å². The number of hydrogen-bond donors (Lipinski definition) is 0. The lowest BCUT2D eigenvalue weighted by Gasteiger charge is -2.10. The Morgan fingerprint density at radius 3 is 2.71 bits per heavy atom. The van der Waals surface area contributed by atoms with E-state index in [-0.39, 0.29) is 0 Å². The van der Waals surface area contributed by atoms with Gasteiger partial charge in [-0.2, -0.15) is 0 Å². The highest BCUT2D eigenvalue weighted by Gasteiger charge is 2.45. The lowest BCUT2D eigenvalue weighted by Crippen LogP contribution is -2.11. The molecule has 0 aliphatic carbocycles. The highest BCUT2D eigenvalue weighted by Crippen LogP contribution is 2.40. The summed E-state index contributed by atoms with van der Waals surface area (Å²) in [6.45, 7) is 4.33. The summed E-state index contributed by atoms with van der Waals surface area (Å²) in [4.78, 5) is 11.2. The normalized spacial score (nSPS) is 24.8. The van der Waals surface area contributed by atoms with E-state index in [1.165, 1.54) is 13.2 Å². The van der Waals surface area contributed by atoms with Gasteiger partial charge in [-0.1, -0.05) is 0 Å². The van der Waals surface area contributed by atoms with E-state index >= 15 is 0 Å². The molecule has 2 heterocycles. The van der Waals surface area contributed by atoms with Gasteiger partial charge in [0.25, 0.3) is 0 Å². The minimum atomic E-state index is -0.433. The van der Waals surface area contributed by atoms with Crippen LogP contribution in [0.5, 0.6) is 5.75 Å². The first-order valence-electron chi connectivity index (χ1n) is 4.40. The fourth-order valence-electron chi connectivity index (χ4n) is 1.49. The Hall–Kier alpha value is -1.29. The Kier molecular flexibility index (Phi) is 1.89. The molecule has 1 aliphatic rings. The molecule has 1 fully saturated rings. The van der Waals surface area contributed by atoms with Crippen LogP contribution in [0, 0.1) is 6.92 Å². The van der Waals surface area contributed by atoms with Crippen molar-refractivity contribution in [1.82, 2.24) is 0 Å². The maximum Gasteiger partial charge on any atom is 0.339 e. The predicted molar refractivity (Wildman–Crippen MR) is 49.6 cm³/mol. The Labute approximate surface area is 81.4 Å². The third-order valence-corrected chi connectivity index (χ3v) is 2.44. The highest BCUT2D eigenvalue weighted by molar-refractivity contribution is 5.36. The topological polar surface area (TPSA) is 52.0 Å². The van der Waals surface area contributed by atoms with Crippen LogP contribution in [0.4, 0.5) is 0 Å². The monoisotopic (exact) mass is 196 g/mol. The molecule has 76 valence electrons. The number of ether oxygens (including phenoxy) is 2. The highest BCUT2D eigenvalue weighted by atomic mass is 16.6. The smallest absolute Gasteiger partial charge is 0.339 e. The van der Waals surface area contributed by atoms with Gasteiger partial charge in [-0.05, 0) is 13.8 Å². The van der Waals surface area contributed by atoms with Crippen molar-refractivity contribution < 1.29 is 13.9 Å². The summed E-state index contributed by atoms with van der Waals surface area (Å²) in [5.74, 6) is 1.12. The lowest BCUT2D eigenvalue weighted by atomic mass is 10.1. The maximum atomic E-state index is 11.2. The molecule has 0 N–H and O–H groups in total. The lowest BCUT2D eigenvalue weighted by molar-refractivity contribution is 0.268. The van der Waals surface area contributed by atoms with Crippen molar-refractivity contribution in [2.75, 3.05) is 13.7 Å². The molecule has 2 rings (SSSR count). The fourth-order valence-corrected chi connectivity index (χ4v) is 1.49. The fraction of sp³-hybridized carbons (Fsp3) is 0.500. The average molecular weight is 196 g/mol. The summed E-state index contributed by atoms with van der Waals surface area (Å²) in [5.41, 5.74) is -0.0103. The van der Waals surface area contributed by atoms with Gasteiger partial charge >= 0.3 is 5.63 Å². The van der Waals surface area contributed by atoms with Crippen molar-refractivity contribution in [3.8, 4) is 5.75 Å². The SMILES string of the molecule is COc1cc(=O)oc([C@]2(C)CO2)c1C. The zero-order valence-corrected chi connectivity index (χ0v) is 8.42. The zero-order valence-electron chi connectivity index (χ0n) is 8.42. The molecule has 0 saturated carbocycles. The van der Waals surface area contributed by atoms with Crippen LogP contribution in [0.15, 0.2) is 15.3 Å². The molecule has 0 aromatic carbocycles. The van der Waals surface area contributed by atoms with Gasteiger partial charge in [0.05, 0.1) is 19.8 Å². The molecule has 0 radical (unpaired) electrons.